The molecular formula is C20H24BrN3O3. The molecule has 3 saturated carbocycles. The van der Waals surface area contributed by atoms with Crippen molar-refractivity contribution in [1.82, 2.24) is 5.32 Å². The zero-order valence-electron chi connectivity index (χ0n) is 15.0. The van der Waals surface area contributed by atoms with Gasteiger partial charge in [-0.25, -0.2) is 0 Å². The standard InChI is InChI=1S/C20H24BrN3O3/c21-11-1-3-12(4-2-11)24-19(27)17-14-6-5-13(20(14)8-9-20)16(17)18(26)23-10-7-15(22)25/h1-4,13-14,16-17H,5-10H2,(H2,22,25)(H,23,26)(H,24,27)/t13-,14+,16-,17-/m1/s1. The highest BCUT2D eigenvalue weighted by atomic mass is 79.9. The highest BCUT2D eigenvalue weighted by Gasteiger charge is 2.71. The Kier molecular flexibility index (Phi) is 4.74. The molecule has 4 N–H and O–H groups in total. The van der Waals surface area contributed by atoms with Crippen molar-refractivity contribution in [3.05, 3.63) is 28.7 Å². The number of hydrogen-bond donors (Lipinski definition) is 3. The van der Waals surface area contributed by atoms with Gasteiger partial charge < -0.3 is 16.4 Å². The largest absolute Gasteiger partial charge is 0.370 e. The molecule has 0 aromatic heterocycles. The topological polar surface area (TPSA) is 101 Å². The summed E-state index contributed by atoms with van der Waals surface area (Å²) in [6.45, 7) is 0.232. The molecule has 3 amide bonds. The van der Waals surface area contributed by atoms with Crippen LogP contribution in [0, 0.1) is 29.1 Å². The Hall–Kier alpha value is -1.89. The molecule has 4 rings (SSSR count). The minimum Gasteiger partial charge on any atom is -0.370 e. The third-order valence-electron chi connectivity index (χ3n) is 6.73. The summed E-state index contributed by atoms with van der Waals surface area (Å²) in [4.78, 5) is 37.0. The molecular weight excluding hydrogens is 410 g/mol. The zero-order chi connectivity index (χ0) is 19.2. The number of halogens is 1. The molecule has 7 heteroatoms. The maximum atomic E-state index is 13.1. The summed E-state index contributed by atoms with van der Waals surface area (Å²) < 4.78 is 0.948. The van der Waals surface area contributed by atoms with E-state index in [9.17, 15) is 14.4 Å². The van der Waals surface area contributed by atoms with E-state index in [-0.39, 0.29) is 53.9 Å². The number of carbonyl (C=O) groups is 3. The van der Waals surface area contributed by atoms with Crippen molar-refractivity contribution >= 4 is 39.3 Å². The van der Waals surface area contributed by atoms with Gasteiger partial charge in [-0.15, -0.1) is 0 Å². The molecule has 3 aliphatic carbocycles. The summed E-state index contributed by atoms with van der Waals surface area (Å²) in [5, 5.41) is 5.84. The van der Waals surface area contributed by atoms with Gasteiger partial charge in [-0.1, -0.05) is 15.9 Å². The lowest BCUT2D eigenvalue weighted by Gasteiger charge is -2.29. The second-order valence-corrected chi connectivity index (χ2v) is 8.99. The van der Waals surface area contributed by atoms with Crippen LogP contribution in [0.3, 0.4) is 0 Å². The van der Waals surface area contributed by atoms with Crippen molar-refractivity contribution in [3.8, 4) is 0 Å². The average Bonchev–Trinajstić information content (AvgIpc) is 3.29. The highest BCUT2D eigenvalue weighted by molar-refractivity contribution is 9.10. The monoisotopic (exact) mass is 433 g/mol. The predicted molar refractivity (Wildman–Crippen MR) is 104 cm³/mol. The van der Waals surface area contributed by atoms with Gasteiger partial charge in [0.2, 0.25) is 17.7 Å². The first kappa shape index (κ1) is 18.5. The van der Waals surface area contributed by atoms with E-state index in [2.05, 4.69) is 26.6 Å². The quantitative estimate of drug-likeness (QED) is 0.641. The fourth-order valence-electron chi connectivity index (χ4n) is 5.55. The molecule has 0 radical (unpaired) electrons. The van der Waals surface area contributed by atoms with Crippen molar-refractivity contribution in [3.63, 3.8) is 0 Å². The van der Waals surface area contributed by atoms with Gasteiger partial charge in [0, 0.05) is 23.1 Å². The first-order valence-corrected chi connectivity index (χ1v) is 10.3. The van der Waals surface area contributed by atoms with Crippen LogP contribution in [-0.4, -0.2) is 24.3 Å². The van der Waals surface area contributed by atoms with E-state index in [0.29, 0.717) is 0 Å². The smallest absolute Gasteiger partial charge is 0.228 e. The number of benzene rings is 1. The van der Waals surface area contributed by atoms with Gasteiger partial charge >= 0.3 is 0 Å². The van der Waals surface area contributed by atoms with Crippen molar-refractivity contribution in [2.75, 3.05) is 11.9 Å². The molecule has 4 atom stereocenters. The Morgan fingerprint density at radius 1 is 1.04 bits per heavy atom. The summed E-state index contributed by atoms with van der Waals surface area (Å²) >= 11 is 3.39. The van der Waals surface area contributed by atoms with Crippen molar-refractivity contribution in [2.45, 2.75) is 32.1 Å². The number of carbonyl (C=O) groups excluding carboxylic acids is 3. The van der Waals surface area contributed by atoms with E-state index in [4.69, 9.17) is 5.73 Å². The minimum absolute atomic E-state index is 0.0640. The lowest BCUT2D eigenvalue weighted by atomic mass is 9.78. The number of nitrogens with two attached hydrogens (primary N) is 1. The van der Waals surface area contributed by atoms with E-state index in [1.54, 1.807) is 0 Å². The van der Waals surface area contributed by atoms with Gasteiger partial charge in [-0.3, -0.25) is 14.4 Å². The van der Waals surface area contributed by atoms with Gasteiger partial charge in [0.05, 0.1) is 11.8 Å². The van der Waals surface area contributed by atoms with Gasteiger partial charge in [-0.2, -0.15) is 0 Å². The third-order valence-corrected chi connectivity index (χ3v) is 7.26. The Bertz CT molecular complexity index is 775. The fraction of sp³-hybridized carbons (Fsp3) is 0.550. The lowest BCUT2D eigenvalue weighted by Crippen LogP contribution is -2.43. The second-order valence-electron chi connectivity index (χ2n) is 8.08. The highest BCUT2D eigenvalue weighted by Crippen LogP contribution is 2.74. The van der Waals surface area contributed by atoms with Crippen LogP contribution < -0.4 is 16.4 Å². The number of hydrogen-bond acceptors (Lipinski definition) is 3. The van der Waals surface area contributed by atoms with Gasteiger partial charge in [0.25, 0.3) is 0 Å². The summed E-state index contributed by atoms with van der Waals surface area (Å²) in [7, 11) is 0. The Labute approximate surface area is 166 Å². The van der Waals surface area contributed by atoms with Crippen molar-refractivity contribution < 1.29 is 14.4 Å². The van der Waals surface area contributed by atoms with Crippen LogP contribution in [0.2, 0.25) is 0 Å². The maximum Gasteiger partial charge on any atom is 0.228 e. The van der Waals surface area contributed by atoms with Crippen LogP contribution >= 0.6 is 15.9 Å². The van der Waals surface area contributed by atoms with Crippen molar-refractivity contribution in [2.24, 2.45) is 34.8 Å². The molecule has 3 aliphatic rings. The molecule has 0 unspecified atom stereocenters. The third kappa shape index (κ3) is 3.26. The minimum atomic E-state index is -0.438. The van der Waals surface area contributed by atoms with E-state index in [0.717, 1.165) is 35.8 Å². The molecule has 6 nitrogen and oxygen atoms in total. The summed E-state index contributed by atoms with van der Waals surface area (Å²) in [6, 6.07) is 7.47. The molecule has 144 valence electrons. The van der Waals surface area contributed by atoms with Gasteiger partial charge in [-0.05, 0) is 67.2 Å². The van der Waals surface area contributed by atoms with Crippen LogP contribution in [0.25, 0.3) is 0 Å². The average molecular weight is 434 g/mol. The fourth-order valence-corrected chi connectivity index (χ4v) is 5.81. The number of nitrogens with one attached hydrogen (secondary N) is 2. The first-order valence-electron chi connectivity index (χ1n) is 9.55. The first-order chi connectivity index (χ1) is 12.9. The zero-order valence-corrected chi connectivity index (χ0v) is 16.6. The summed E-state index contributed by atoms with van der Waals surface area (Å²) in [6.07, 6.45) is 4.40. The normalized spacial score (nSPS) is 29.5. The van der Waals surface area contributed by atoms with Crippen LogP contribution in [-0.2, 0) is 14.4 Å². The van der Waals surface area contributed by atoms with E-state index >= 15 is 0 Å². The molecule has 1 spiro atoms. The Morgan fingerprint density at radius 2 is 1.63 bits per heavy atom. The SMILES string of the molecule is NC(=O)CCNC(=O)[C@H]1[C@H](C(=O)Nc2ccc(Br)cc2)[C@@H]2CC[C@H]1C21CC1. The molecule has 0 saturated heterocycles. The van der Waals surface area contributed by atoms with Crippen LogP contribution in [0.4, 0.5) is 5.69 Å². The van der Waals surface area contributed by atoms with Crippen LogP contribution in [0.5, 0.6) is 0 Å². The van der Waals surface area contributed by atoms with E-state index in [1.807, 2.05) is 24.3 Å². The number of amides is 3. The van der Waals surface area contributed by atoms with Crippen LogP contribution in [0.15, 0.2) is 28.7 Å². The van der Waals surface area contributed by atoms with E-state index < -0.39 is 5.91 Å². The number of primary amides is 1. The predicted octanol–water partition coefficient (Wildman–Crippen LogP) is 2.43. The summed E-state index contributed by atoms with van der Waals surface area (Å²) in [5.41, 5.74) is 6.09. The number of anilines is 1. The second kappa shape index (κ2) is 6.93. The Morgan fingerprint density at radius 3 is 2.19 bits per heavy atom. The molecule has 1 aromatic rings. The number of rotatable bonds is 6. The molecule has 3 fully saturated rings. The van der Waals surface area contributed by atoms with Crippen LogP contribution in [0.1, 0.15) is 32.1 Å². The molecule has 2 bridgehead atoms. The van der Waals surface area contributed by atoms with Gasteiger partial charge in [0.15, 0.2) is 0 Å². The molecule has 0 heterocycles. The van der Waals surface area contributed by atoms with Crippen molar-refractivity contribution in [1.29, 1.82) is 0 Å². The van der Waals surface area contributed by atoms with E-state index in [1.165, 1.54) is 0 Å². The molecule has 1 aromatic carbocycles. The maximum absolute atomic E-state index is 13.1. The Balaban J connectivity index is 1.51. The summed E-state index contributed by atoms with van der Waals surface area (Å²) in [5.74, 6) is -0.664. The lowest BCUT2D eigenvalue weighted by molar-refractivity contribution is -0.134. The van der Waals surface area contributed by atoms with Gasteiger partial charge in [0.1, 0.15) is 0 Å². The molecule has 0 aliphatic heterocycles. The molecule has 27 heavy (non-hydrogen) atoms.